The van der Waals surface area contributed by atoms with Gasteiger partial charge in [-0.05, 0) is 53.5 Å². The fraction of sp³-hybridized carbons (Fsp3) is 0.300. The van der Waals surface area contributed by atoms with Gasteiger partial charge >= 0.3 is 0 Å². The molecule has 0 aliphatic heterocycles. The molecule has 20 heavy (non-hydrogen) atoms. The monoisotopic (exact) mass is 262 g/mol. The van der Waals surface area contributed by atoms with Crippen LogP contribution in [0.15, 0.2) is 48.0 Å². The Kier molecular flexibility index (Phi) is 3.48. The molecule has 2 aromatic carbocycles. The molecule has 1 aliphatic carbocycles. The first-order chi connectivity index (χ1) is 9.70. The third-order valence-corrected chi connectivity index (χ3v) is 4.43. The van der Waals surface area contributed by atoms with E-state index in [1.54, 1.807) is 0 Å². The van der Waals surface area contributed by atoms with Crippen LogP contribution in [0.4, 0.5) is 0 Å². The Bertz CT molecular complexity index is 647. The number of hydrogen-bond donors (Lipinski definition) is 0. The van der Waals surface area contributed by atoms with Crippen LogP contribution in [0.1, 0.15) is 49.8 Å². The molecule has 2 aromatic rings. The number of allylic oxidation sites excluding steroid dienone is 1. The molecule has 3 rings (SSSR count). The molecule has 1 atom stereocenters. The molecule has 0 spiro atoms. The Hall–Kier alpha value is -1.82. The van der Waals surface area contributed by atoms with E-state index in [4.69, 9.17) is 0 Å². The lowest BCUT2D eigenvalue weighted by Crippen LogP contribution is -1.99. The minimum atomic E-state index is 0.602. The fourth-order valence-corrected chi connectivity index (χ4v) is 3.15. The Morgan fingerprint density at radius 2 is 1.80 bits per heavy atom. The molecule has 0 N–H and O–H groups in total. The van der Waals surface area contributed by atoms with Crippen LogP contribution in [0.2, 0.25) is 0 Å². The summed E-state index contributed by atoms with van der Waals surface area (Å²) < 4.78 is 0. The van der Waals surface area contributed by atoms with E-state index in [-0.39, 0.29) is 0 Å². The van der Waals surface area contributed by atoms with Gasteiger partial charge in [0, 0.05) is 0 Å². The van der Waals surface area contributed by atoms with Crippen molar-refractivity contribution < 1.29 is 0 Å². The maximum absolute atomic E-state index is 2.38. The SMILES string of the molecule is CCC(C)c1ccc2c(c1-c1ccccc1)C=C(C)C2. The van der Waals surface area contributed by atoms with Gasteiger partial charge in [-0.15, -0.1) is 0 Å². The second kappa shape index (κ2) is 5.28. The van der Waals surface area contributed by atoms with Crippen LogP contribution < -0.4 is 0 Å². The van der Waals surface area contributed by atoms with Gasteiger partial charge in [-0.3, -0.25) is 0 Å². The van der Waals surface area contributed by atoms with Gasteiger partial charge in [-0.25, -0.2) is 0 Å². The van der Waals surface area contributed by atoms with Crippen molar-refractivity contribution in [2.75, 3.05) is 0 Å². The highest BCUT2D eigenvalue weighted by atomic mass is 14.2. The van der Waals surface area contributed by atoms with E-state index in [9.17, 15) is 0 Å². The quantitative estimate of drug-likeness (QED) is 0.653. The van der Waals surface area contributed by atoms with E-state index in [2.05, 4.69) is 69.3 Å². The van der Waals surface area contributed by atoms with Crippen LogP contribution in [0, 0.1) is 0 Å². The van der Waals surface area contributed by atoms with Crippen LogP contribution >= 0.6 is 0 Å². The Morgan fingerprint density at radius 3 is 2.50 bits per heavy atom. The summed E-state index contributed by atoms with van der Waals surface area (Å²) in [4.78, 5) is 0. The molecule has 0 saturated heterocycles. The van der Waals surface area contributed by atoms with Crippen LogP contribution in [-0.4, -0.2) is 0 Å². The Balaban J connectivity index is 2.26. The zero-order chi connectivity index (χ0) is 14.1. The van der Waals surface area contributed by atoms with Crippen LogP contribution in [-0.2, 0) is 6.42 Å². The third-order valence-electron chi connectivity index (χ3n) is 4.43. The Labute approximate surface area is 122 Å². The summed E-state index contributed by atoms with van der Waals surface area (Å²) in [5, 5.41) is 0. The molecule has 0 heteroatoms. The number of fused-ring (bicyclic) bond motifs is 1. The van der Waals surface area contributed by atoms with Crippen molar-refractivity contribution in [3.05, 3.63) is 64.7 Å². The molecule has 0 nitrogen and oxygen atoms in total. The number of hydrogen-bond acceptors (Lipinski definition) is 0. The molecule has 0 heterocycles. The number of rotatable bonds is 3. The lowest BCUT2D eigenvalue weighted by molar-refractivity contribution is 0.735. The molecule has 0 bridgehead atoms. The van der Waals surface area contributed by atoms with Crippen molar-refractivity contribution in [1.82, 2.24) is 0 Å². The average Bonchev–Trinajstić information content (AvgIpc) is 2.86. The summed E-state index contributed by atoms with van der Waals surface area (Å²) >= 11 is 0. The molecule has 0 aromatic heterocycles. The molecule has 0 radical (unpaired) electrons. The molecule has 102 valence electrons. The fourth-order valence-electron chi connectivity index (χ4n) is 3.15. The van der Waals surface area contributed by atoms with Crippen LogP contribution in [0.5, 0.6) is 0 Å². The maximum Gasteiger partial charge on any atom is -0.00604 e. The zero-order valence-corrected chi connectivity index (χ0v) is 12.6. The maximum atomic E-state index is 2.38. The van der Waals surface area contributed by atoms with E-state index >= 15 is 0 Å². The van der Waals surface area contributed by atoms with Crippen molar-refractivity contribution in [3.8, 4) is 11.1 Å². The van der Waals surface area contributed by atoms with Gasteiger partial charge < -0.3 is 0 Å². The van der Waals surface area contributed by atoms with Gasteiger partial charge in [0.25, 0.3) is 0 Å². The molecule has 0 fully saturated rings. The standard InChI is InChI=1S/C20H22/c1-4-15(3)18-11-10-17-12-14(2)13-19(17)20(18)16-8-6-5-7-9-16/h5-11,13,15H,4,12H2,1-3H3. The molecule has 1 aliphatic rings. The van der Waals surface area contributed by atoms with Gasteiger partial charge in [0.2, 0.25) is 0 Å². The van der Waals surface area contributed by atoms with Gasteiger partial charge in [0.1, 0.15) is 0 Å². The summed E-state index contributed by atoms with van der Waals surface area (Å²) in [6.45, 7) is 6.84. The van der Waals surface area contributed by atoms with Crippen LogP contribution in [0.25, 0.3) is 17.2 Å². The second-order valence-electron chi connectivity index (χ2n) is 5.95. The summed E-state index contributed by atoms with van der Waals surface area (Å²) in [6.07, 6.45) is 4.67. The minimum Gasteiger partial charge on any atom is -0.0683 e. The van der Waals surface area contributed by atoms with E-state index in [0.717, 1.165) is 6.42 Å². The molecular formula is C20H22. The van der Waals surface area contributed by atoms with Gasteiger partial charge in [0.15, 0.2) is 0 Å². The van der Waals surface area contributed by atoms with Gasteiger partial charge in [-0.1, -0.05) is 68.0 Å². The van der Waals surface area contributed by atoms with Crippen molar-refractivity contribution in [1.29, 1.82) is 0 Å². The summed E-state index contributed by atoms with van der Waals surface area (Å²) in [5.74, 6) is 0.602. The van der Waals surface area contributed by atoms with Crippen LogP contribution in [0.3, 0.4) is 0 Å². The predicted octanol–water partition coefficient (Wildman–Crippen LogP) is 5.83. The van der Waals surface area contributed by atoms with E-state index in [1.807, 2.05) is 0 Å². The highest BCUT2D eigenvalue weighted by Gasteiger charge is 2.19. The third kappa shape index (κ3) is 2.20. The van der Waals surface area contributed by atoms with E-state index in [0.29, 0.717) is 5.92 Å². The van der Waals surface area contributed by atoms with Crippen molar-refractivity contribution in [3.63, 3.8) is 0 Å². The lowest BCUT2D eigenvalue weighted by Gasteiger charge is -2.19. The normalized spacial score (nSPS) is 14.8. The van der Waals surface area contributed by atoms with Crippen molar-refractivity contribution in [2.24, 2.45) is 0 Å². The first-order valence-electron chi connectivity index (χ1n) is 7.59. The topological polar surface area (TPSA) is 0 Å². The molecule has 0 saturated carbocycles. The average molecular weight is 262 g/mol. The second-order valence-corrected chi connectivity index (χ2v) is 5.95. The number of benzene rings is 2. The zero-order valence-electron chi connectivity index (χ0n) is 12.6. The van der Waals surface area contributed by atoms with E-state index in [1.165, 1.54) is 39.8 Å². The highest BCUT2D eigenvalue weighted by molar-refractivity contribution is 5.83. The van der Waals surface area contributed by atoms with Crippen molar-refractivity contribution >= 4 is 6.08 Å². The lowest BCUT2D eigenvalue weighted by atomic mass is 9.85. The van der Waals surface area contributed by atoms with E-state index < -0.39 is 0 Å². The molecule has 0 amide bonds. The Morgan fingerprint density at radius 1 is 1.05 bits per heavy atom. The van der Waals surface area contributed by atoms with Gasteiger partial charge in [0.05, 0.1) is 0 Å². The first-order valence-corrected chi connectivity index (χ1v) is 7.59. The first kappa shape index (κ1) is 13.2. The predicted molar refractivity (Wildman–Crippen MR) is 87.9 cm³/mol. The molecule has 1 unspecified atom stereocenters. The highest BCUT2D eigenvalue weighted by Crippen LogP contribution is 2.39. The smallest absolute Gasteiger partial charge is 0.00604 e. The largest absolute Gasteiger partial charge is 0.0683 e. The van der Waals surface area contributed by atoms with Gasteiger partial charge in [-0.2, -0.15) is 0 Å². The minimum absolute atomic E-state index is 0.602. The summed E-state index contributed by atoms with van der Waals surface area (Å²) in [7, 11) is 0. The van der Waals surface area contributed by atoms with Crippen molar-refractivity contribution in [2.45, 2.75) is 39.5 Å². The molecular weight excluding hydrogens is 240 g/mol. The summed E-state index contributed by atoms with van der Waals surface area (Å²) in [5.41, 5.74) is 8.70. The summed E-state index contributed by atoms with van der Waals surface area (Å²) in [6, 6.07) is 15.5.